The molecule has 6 heteroatoms. The molecule has 0 N–H and O–H groups in total. The zero-order valence-electron chi connectivity index (χ0n) is 16.8. The molecular formula is C22H24BrN3O2. The number of ether oxygens (including phenoxy) is 2. The second-order valence-electron chi connectivity index (χ2n) is 7.42. The van der Waals surface area contributed by atoms with Crippen molar-refractivity contribution in [2.45, 2.75) is 53.4 Å². The fourth-order valence-corrected chi connectivity index (χ4v) is 3.84. The largest absolute Gasteiger partial charge is 0.487 e. The molecule has 0 bridgehead atoms. The molecule has 0 radical (unpaired) electrons. The molecule has 2 heterocycles. The zero-order chi connectivity index (χ0) is 20.0. The Balaban J connectivity index is 2.03. The minimum absolute atomic E-state index is 0.0432. The lowest BCUT2D eigenvalue weighted by molar-refractivity contribution is 0.199. The highest BCUT2D eigenvalue weighted by Gasteiger charge is 2.17. The monoisotopic (exact) mass is 441 g/mol. The van der Waals surface area contributed by atoms with Gasteiger partial charge >= 0.3 is 0 Å². The summed E-state index contributed by atoms with van der Waals surface area (Å²) in [5.41, 5.74) is 4.52. The van der Waals surface area contributed by atoms with Crippen LogP contribution in [0.25, 0.3) is 33.1 Å². The van der Waals surface area contributed by atoms with Crippen LogP contribution in [0.3, 0.4) is 0 Å². The van der Waals surface area contributed by atoms with Crippen molar-refractivity contribution in [1.29, 1.82) is 0 Å². The van der Waals surface area contributed by atoms with Crippen LogP contribution < -0.4 is 9.47 Å². The van der Waals surface area contributed by atoms with E-state index in [0.717, 1.165) is 44.1 Å². The Bertz CT molecular complexity index is 1180. The first kappa shape index (κ1) is 19.0. The fraction of sp³-hybridized carbons (Fsp3) is 0.364. The van der Waals surface area contributed by atoms with E-state index in [1.54, 1.807) is 0 Å². The molecule has 0 saturated carbocycles. The first-order chi connectivity index (χ1) is 13.4. The molecule has 5 nitrogen and oxygen atoms in total. The molecule has 2 aromatic carbocycles. The van der Waals surface area contributed by atoms with Crippen LogP contribution >= 0.6 is 15.9 Å². The van der Waals surface area contributed by atoms with E-state index in [0.29, 0.717) is 11.5 Å². The fourth-order valence-electron chi connectivity index (χ4n) is 3.48. The average Bonchev–Trinajstić information content (AvgIpc) is 2.91. The molecule has 0 saturated heterocycles. The quantitative estimate of drug-likeness (QED) is 0.375. The molecule has 4 rings (SSSR count). The van der Waals surface area contributed by atoms with E-state index < -0.39 is 0 Å². The van der Waals surface area contributed by atoms with Crippen molar-refractivity contribution in [2.24, 2.45) is 0 Å². The molecule has 2 aromatic heterocycles. The molecule has 0 atom stereocenters. The number of rotatable bonds is 5. The number of benzene rings is 2. The van der Waals surface area contributed by atoms with Crippen LogP contribution in [0, 0.1) is 0 Å². The highest BCUT2D eigenvalue weighted by molar-refractivity contribution is 9.10. The second kappa shape index (κ2) is 7.24. The Morgan fingerprint density at radius 3 is 2.11 bits per heavy atom. The van der Waals surface area contributed by atoms with E-state index in [1.165, 1.54) is 0 Å². The van der Waals surface area contributed by atoms with Crippen LogP contribution in [0.2, 0.25) is 0 Å². The normalized spacial score (nSPS) is 12.0. The summed E-state index contributed by atoms with van der Waals surface area (Å²) >= 11 is 3.58. The van der Waals surface area contributed by atoms with Crippen molar-refractivity contribution in [3.63, 3.8) is 0 Å². The van der Waals surface area contributed by atoms with E-state index in [4.69, 9.17) is 19.4 Å². The molecule has 0 spiro atoms. The smallest absolute Gasteiger partial charge is 0.163 e. The summed E-state index contributed by atoms with van der Waals surface area (Å²) in [4.78, 5) is 9.92. The highest BCUT2D eigenvalue weighted by atomic mass is 79.9. The molecular weight excluding hydrogens is 418 g/mol. The topological polar surface area (TPSA) is 49.2 Å². The SMILES string of the molecule is CCn1c2ccc(Br)cc2c2nc3cc(OC(C)C)c(OC(C)C)cc3nc21. The molecule has 146 valence electrons. The molecule has 0 aliphatic heterocycles. The maximum atomic E-state index is 5.99. The van der Waals surface area contributed by atoms with Crippen LogP contribution in [0.1, 0.15) is 34.6 Å². The number of nitrogens with zero attached hydrogens (tertiary/aromatic N) is 3. The van der Waals surface area contributed by atoms with Crippen molar-refractivity contribution in [1.82, 2.24) is 14.5 Å². The van der Waals surface area contributed by atoms with Crippen molar-refractivity contribution in [2.75, 3.05) is 0 Å². The van der Waals surface area contributed by atoms with E-state index in [9.17, 15) is 0 Å². The van der Waals surface area contributed by atoms with Gasteiger partial charge in [0.25, 0.3) is 0 Å². The summed E-state index contributed by atoms with van der Waals surface area (Å²) in [6.07, 6.45) is 0.0877. The maximum Gasteiger partial charge on any atom is 0.163 e. The predicted octanol–water partition coefficient (Wildman–Crippen LogP) is 6.09. The van der Waals surface area contributed by atoms with E-state index >= 15 is 0 Å². The van der Waals surface area contributed by atoms with Gasteiger partial charge in [-0.1, -0.05) is 15.9 Å². The third-order valence-electron chi connectivity index (χ3n) is 4.51. The standard InChI is InChI=1S/C22H24BrN3O2/c1-6-26-18-8-7-14(23)9-15(18)21-22(26)25-17-11-20(28-13(4)5)19(27-12(2)3)10-16(17)24-21/h7-13H,6H2,1-5H3. The first-order valence-electron chi connectivity index (χ1n) is 9.64. The summed E-state index contributed by atoms with van der Waals surface area (Å²) in [7, 11) is 0. The van der Waals surface area contributed by atoms with Gasteiger partial charge in [0.1, 0.15) is 5.52 Å². The Kier molecular flexibility index (Phi) is 4.91. The van der Waals surface area contributed by atoms with Gasteiger partial charge in [-0.05, 0) is 52.8 Å². The zero-order valence-corrected chi connectivity index (χ0v) is 18.4. The number of hydrogen-bond donors (Lipinski definition) is 0. The summed E-state index contributed by atoms with van der Waals surface area (Å²) in [5.74, 6) is 1.40. The molecule has 0 aliphatic rings. The number of halogens is 1. The van der Waals surface area contributed by atoms with Gasteiger partial charge in [0.2, 0.25) is 0 Å². The van der Waals surface area contributed by atoms with Gasteiger partial charge in [0.15, 0.2) is 17.1 Å². The van der Waals surface area contributed by atoms with Crippen molar-refractivity contribution in [3.05, 3.63) is 34.8 Å². The van der Waals surface area contributed by atoms with Gasteiger partial charge in [-0.3, -0.25) is 0 Å². The predicted molar refractivity (Wildman–Crippen MR) is 117 cm³/mol. The number of fused-ring (bicyclic) bond motifs is 4. The molecule has 0 fully saturated rings. The summed E-state index contributed by atoms with van der Waals surface area (Å²) < 4.78 is 15.2. The van der Waals surface area contributed by atoms with Crippen LogP contribution in [0.4, 0.5) is 0 Å². The number of aryl methyl sites for hydroxylation is 1. The van der Waals surface area contributed by atoms with Gasteiger partial charge < -0.3 is 14.0 Å². The van der Waals surface area contributed by atoms with E-state index in [-0.39, 0.29) is 12.2 Å². The highest BCUT2D eigenvalue weighted by Crippen LogP contribution is 2.36. The Labute approximate surface area is 172 Å². The minimum atomic E-state index is 0.0432. The Morgan fingerprint density at radius 2 is 1.54 bits per heavy atom. The minimum Gasteiger partial charge on any atom is -0.487 e. The second-order valence-corrected chi connectivity index (χ2v) is 8.34. The molecule has 28 heavy (non-hydrogen) atoms. The van der Waals surface area contributed by atoms with Gasteiger partial charge in [-0.25, -0.2) is 9.97 Å². The van der Waals surface area contributed by atoms with Crippen LogP contribution in [0.5, 0.6) is 11.5 Å². The van der Waals surface area contributed by atoms with E-state index in [1.807, 2.05) is 39.8 Å². The first-order valence-corrected chi connectivity index (χ1v) is 10.4. The van der Waals surface area contributed by atoms with Crippen molar-refractivity contribution >= 4 is 49.0 Å². The lowest BCUT2D eigenvalue weighted by atomic mass is 10.2. The van der Waals surface area contributed by atoms with Crippen LogP contribution in [-0.2, 0) is 6.54 Å². The summed E-state index contributed by atoms with van der Waals surface area (Å²) in [6, 6.07) is 10.1. The maximum absolute atomic E-state index is 5.99. The Hall–Kier alpha value is -2.34. The van der Waals surface area contributed by atoms with Crippen LogP contribution in [-0.4, -0.2) is 26.7 Å². The Morgan fingerprint density at radius 1 is 0.929 bits per heavy atom. The van der Waals surface area contributed by atoms with Gasteiger partial charge in [0, 0.05) is 28.5 Å². The number of hydrogen-bond acceptors (Lipinski definition) is 4. The lowest BCUT2D eigenvalue weighted by Crippen LogP contribution is -2.11. The van der Waals surface area contributed by atoms with Crippen molar-refractivity contribution in [3.8, 4) is 11.5 Å². The lowest BCUT2D eigenvalue weighted by Gasteiger charge is -2.17. The average molecular weight is 442 g/mol. The van der Waals surface area contributed by atoms with Crippen LogP contribution in [0.15, 0.2) is 34.8 Å². The van der Waals surface area contributed by atoms with Gasteiger partial charge in [-0.15, -0.1) is 0 Å². The molecule has 0 amide bonds. The molecule has 0 unspecified atom stereocenters. The summed E-state index contributed by atoms with van der Waals surface area (Å²) in [6.45, 7) is 11.0. The number of aromatic nitrogens is 3. The van der Waals surface area contributed by atoms with Gasteiger partial charge in [0.05, 0.1) is 28.8 Å². The third kappa shape index (κ3) is 3.30. The van der Waals surface area contributed by atoms with Gasteiger partial charge in [-0.2, -0.15) is 0 Å². The molecule has 4 aromatic rings. The molecule has 0 aliphatic carbocycles. The third-order valence-corrected chi connectivity index (χ3v) is 5.01. The van der Waals surface area contributed by atoms with E-state index in [2.05, 4.69) is 45.6 Å². The van der Waals surface area contributed by atoms with Crippen molar-refractivity contribution < 1.29 is 9.47 Å². The summed E-state index contributed by atoms with van der Waals surface area (Å²) in [5, 5.41) is 1.09.